The Balaban J connectivity index is 1.78. The molecule has 0 radical (unpaired) electrons. The monoisotopic (exact) mass is 355 g/mol. The lowest BCUT2D eigenvalue weighted by Crippen LogP contribution is -2.32. The van der Waals surface area contributed by atoms with Crippen LogP contribution in [0.2, 0.25) is 0 Å². The third-order valence-electron chi connectivity index (χ3n) is 4.46. The smallest absolute Gasteiger partial charge is 0.415 e. The first-order chi connectivity index (χ1) is 11.3. The Morgan fingerprint density at radius 2 is 2.04 bits per heavy atom. The highest BCUT2D eigenvalue weighted by Gasteiger charge is 2.36. The van der Waals surface area contributed by atoms with E-state index in [1.807, 2.05) is 0 Å². The lowest BCUT2D eigenvalue weighted by Gasteiger charge is -2.25. The van der Waals surface area contributed by atoms with Gasteiger partial charge in [0.05, 0.1) is 12.2 Å². The van der Waals surface area contributed by atoms with Gasteiger partial charge in [-0.15, -0.1) is 0 Å². The molecule has 0 spiro atoms. The zero-order chi connectivity index (χ0) is 17.5. The number of hydrogen-bond acceptors (Lipinski definition) is 5. The maximum atomic E-state index is 14.5. The molecule has 9 heteroatoms. The molecule has 2 aliphatic rings. The molecule has 2 saturated heterocycles. The molecule has 7 nitrogen and oxygen atoms in total. The molecule has 3 rings (SSSR count). The van der Waals surface area contributed by atoms with Crippen LogP contribution in [0, 0.1) is 10.6 Å². The Labute approximate surface area is 138 Å². The van der Waals surface area contributed by atoms with Gasteiger partial charge in [0.1, 0.15) is 5.82 Å². The number of primary amides is 1. The Morgan fingerprint density at radius 3 is 2.58 bits per heavy atom. The largest absolute Gasteiger partial charge is 0.434 e. The average molecular weight is 355 g/mol. The van der Waals surface area contributed by atoms with Crippen molar-refractivity contribution in [2.45, 2.75) is 24.9 Å². The minimum absolute atomic E-state index is 0.0444. The van der Waals surface area contributed by atoms with Gasteiger partial charge in [-0.05, 0) is 36.5 Å². The molecule has 24 heavy (non-hydrogen) atoms. The summed E-state index contributed by atoms with van der Waals surface area (Å²) in [7, 11) is -2.51. The van der Waals surface area contributed by atoms with Crippen LogP contribution in [0.25, 0.3) is 0 Å². The van der Waals surface area contributed by atoms with E-state index in [0.717, 1.165) is 0 Å². The minimum Gasteiger partial charge on any atom is -0.434 e. The van der Waals surface area contributed by atoms with Crippen LogP contribution in [0.15, 0.2) is 18.2 Å². The summed E-state index contributed by atoms with van der Waals surface area (Å²) >= 11 is 0. The fourth-order valence-electron chi connectivity index (χ4n) is 3.06. The van der Waals surface area contributed by atoms with Gasteiger partial charge in [-0.2, -0.15) is 0 Å². The van der Waals surface area contributed by atoms with E-state index in [2.05, 4.69) is 0 Å². The lowest BCUT2D eigenvalue weighted by molar-refractivity contribution is -0.124. The second-order valence-electron chi connectivity index (χ2n) is 6.09. The molecule has 0 aliphatic carbocycles. The number of nitrogens with two attached hydrogens (primary N) is 1. The summed E-state index contributed by atoms with van der Waals surface area (Å²) in [6, 6.07) is 4.42. The number of anilines is 1. The molecule has 130 valence electrons. The Bertz CT molecular complexity index is 782. The number of carbonyl (C=O) groups excluding carboxylic acids is 2. The van der Waals surface area contributed by atoms with Gasteiger partial charge in [-0.3, -0.25) is 14.5 Å². The van der Waals surface area contributed by atoms with E-state index < -0.39 is 33.7 Å². The molecule has 2 fully saturated rings. The molecular weight excluding hydrogens is 337 g/mol. The van der Waals surface area contributed by atoms with Gasteiger partial charge in [0.2, 0.25) is 0 Å². The molecule has 0 saturated carbocycles. The van der Waals surface area contributed by atoms with Crippen LogP contribution in [0.5, 0.6) is 0 Å². The highest BCUT2D eigenvalue weighted by Crippen LogP contribution is 2.33. The van der Waals surface area contributed by atoms with Gasteiger partial charge in [-0.1, -0.05) is 6.07 Å². The molecule has 2 heterocycles. The van der Waals surface area contributed by atoms with E-state index >= 15 is 0 Å². The first kappa shape index (κ1) is 16.7. The zero-order valence-corrected chi connectivity index (χ0v) is 13.7. The summed E-state index contributed by atoms with van der Waals surface area (Å²) < 4.78 is 38.6. The van der Waals surface area contributed by atoms with E-state index in [9.17, 15) is 18.2 Å². The fraction of sp³-hybridized carbons (Fsp3) is 0.467. The first-order valence-corrected chi connectivity index (χ1v) is 9.47. The van der Waals surface area contributed by atoms with Gasteiger partial charge in [0, 0.05) is 21.2 Å². The van der Waals surface area contributed by atoms with Gasteiger partial charge in [0.15, 0.2) is 6.10 Å². The number of nitrogens with zero attached hydrogens (tertiary/aromatic N) is 1. The van der Waals surface area contributed by atoms with Crippen LogP contribution in [0.4, 0.5) is 14.9 Å². The summed E-state index contributed by atoms with van der Waals surface area (Å²) in [5.41, 5.74) is 5.91. The number of cyclic esters (lactones) is 1. The SMILES string of the molecule is N=[S@]1(=O)CC[C@H](c2ccc(N3C[C@H](C(N)=O)OC3=O)cc2F)CC1. The van der Waals surface area contributed by atoms with Crippen LogP contribution in [-0.2, 0) is 19.3 Å². The lowest BCUT2D eigenvalue weighted by atomic mass is 9.93. The van der Waals surface area contributed by atoms with Crippen LogP contribution in [0.3, 0.4) is 0 Å². The molecule has 0 aromatic heterocycles. The van der Waals surface area contributed by atoms with Crippen molar-refractivity contribution >= 4 is 27.4 Å². The van der Waals surface area contributed by atoms with Crippen LogP contribution < -0.4 is 10.6 Å². The van der Waals surface area contributed by atoms with Gasteiger partial charge >= 0.3 is 6.09 Å². The van der Waals surface area contributed by atoms with Crippen molar-refractivity contribution in [3.05, 3.63) is 29.6 Å². The van der Waals surface area contributed by atoms with Crippen LogP contribution in [-0.4, -0.2) is 40.4 Å². The van der Waals surface area contributed by atoms with Crippen molar-refractivity contribution in [3.8, 4) is 0 Å². The molecule has 1 aromatic rings. The molecule has 1 atom stereocenters. The Hall–Kier alpha value is -2.16. The highest BCUT2D eigenvalue weighted by molar-refractivity contribution is 7.92. The van der Waals surface area contributed by atoms with Gasteiger partial charge in [0.25, 0.3) is 5.91 Å². The van der Waals surface area contributed by atoms with Crippen molar-refractivity contribution < 1.29 is 22.9 Å². The minimum atomic E-state index is -2.51. The molecule has 0 bridgehead atoms. The molecular formula is C15H18FN3O4S. The Kier molecular flexibility index (Phi) is 4.20. The van der Waals surface area contributed by atoms with E-state index in [1.165, 1.54) is 11.0 Å². The maximum Gasteiger partial charge on any atom is 0.415 e. The fourth-order valence-corrected chi connectivity index (χ4v) is 4.59. The summed E-state index contributed by atoms with van der Waals surface area (Å²) in [5.74, 6) is -0.743. The first-order valence-electron chi connectivity index (χ1n) is 7.58. The molecule has 2 amide bonds. The highest BCUT2D eigenvalue weighted by atomic mass is 32.2. The van der Waals surface area contributed by atoms with E-state index in [0.29, 0.717) is 24.1 Å². The number of ether oxygens (including phenoxy) is 1. The molecule has 1 aromatic carbocycles. The molecule has 0 unspecified atom stereocenters. The zero-order valence-electron chi connectivity index (χ0n) is 12.9. The normalized spacial score (nSPS) is 30.2. The number of rotatable bonds is 3. The number of benzene rings is 1. The molecule has 2 aliphatic heterocycles. The van der Waals surface area contributed by atoms with Crippen molar-refractivity contribution in [1.82, 2.24) is 0 Å². The quantitative estimate of drug-likeness (QED) is 0.856. The summed E-state index contributed by atoms with van der Waals surface area (Å²) in [6.45, 7) is -0.0444. The van der Waals surface area contributed by atoms with Gasteiger partial charge < -0.3 is 10.5 Å². The third kappa shape index (κ3) is 3.21. The average Bonchev–Trinajstić information content (AvgIpc) is 2.90. The summed E-state index contributed by atoms with van der Waals surface area (Å²) in [4.78, 5) is 24.1. The Morgan fingerprint density at radius 1 is 1.38 bits per heavy atom. The second-order valence-corrected chi connectivity index (χ2v) is 8.53. The van der Waals surface area contributed by atoms with E-state index in [4.69, 9.17) is 15.3 Å². The van der Waals surface area contributed by atoms with Crippen molar-refractivity contribution in [1.29, 1.82) is 4.78 Å². The topological polar surface area (TPSA) is 114 Å². The standard InChI is InChI=1S/C15H18FN3O4S/c16-12-7-10(19-8-13(14(17)20)23-15(19)21)1-2-11(12)9-3-5-24(18,22)6-4-9/h1-2,7,9,13,18H,3-6,8H2,(H2,17,20)/t9-,13-,24-/m1/s1. The number of nitrogens with one attached hydrogen (secondary N) is 1. The second kappa shape index (κ2) is 6.04. The van der Waals surface area contributed by atoms with Crippen LogP contribution >= 0.6 is 0 Å². The number of halogens is 1. The summed E-state index contributed by atoms with van der Waals surface area (Å²) in [5, 5.41) is 0. The number of carbonyl (C=O) groups is 2. The predicted octanol–water partition coefficient (Wildman–Crippen LogP) is 1.56. The summed E-state index contributed by atoms with van der Waals surface area (Å²) in [6.07, 6.45) is -0.760. The molecule has 3 N–H and O–H groups in total. The van der Waals surface area contributed by atoms with Gasteiger partial charge in [-0.25, -0.2) is 13.4 Å². The van der Waals surface area contributed by atoms with Crippen molar-refractivity contribution in [2.75, 3.05) is 23.0 Å². The third-order valence-corrected chi connectivity index (χ3v) is 6.25. The number of hydrogen-bond donors (Lipinski definition) is 2. The van der Waals surface area contributed by atoms with Crippen LogP contribution in [0.1, 0.15) is 24.3 Å². The maximum absolute atomic E-state index is 14.5. The van der Waals surface area contributed by atoms with Crippen molar-refractivity contribution in [2.24, 2.45) is 5.73 Å². The predicted molar refractivity (Wildman–Crippen MR) is 85.8 cm³/mol. The van der Waals surface area contributed by atoms with E-state index in [1.54, 1.807) is 12.1 Å². The number of amides is 2. The van der Waals surface area contributed by atoms with E-state index in [-0.39, 0.29) is 24.0 Å². The van der Waals surface area contributed by atoms with Crippen molar-refractivity contribution in [3.63, 3.8) is 0 Å².